The third kappa shape index (κ3) is 4.28. The van der Waals surface area contributed by atoms with Gasteiger partial charge >= 0.3 is 0 Å². The smallest absolute Gasteiger partial charge is 0.148 e. The van der Waals surface area contributed by atoms with Gasteiger partial charge in [-0.25, -0.2) is 0 Å². The van der Waals surface area contributed by atoms with Crippen LogP contribution in [0, 0.1) is 0 Å². The Morgan fingerprint density at radius 1 is 0.957 bits per heavy atom. The van der Waals surface area contributed by atoms with E-state index in [-0.39, 0.29) is 0 Å². The molecule has 1 aliphatic heterocycles. The van der Waals surface area contributed by atoms with E-state index in [2.05, 4.69) is 73.0 Å². The van der Waals surface area contributed by atoms with E-state index in [1.807, 2.05) is 18.2 Å². The number of benzene rings is 2. The van der Waals surface area contributed by atoms with Gasteiger partial charge in [0.2, 0.25) is 0 Å². The predicted octanol–water partition coefficient (Wildman–Crippen LogP) is 4.54. The molecule has 0 N–H and O–H groups in total. The monoisotopic (exact) mass is 438 g/mol. The van der Waals surface area contributed by atoms with Crippen LogP contribution in [0.1, 0.15) is 5.56 Å². The Hall–Kier alpha value is -1.04. The van der Waals surface area contributed by atoms with Gasteiger partial charge in [0.1, 0.15) is 12.4 Å². The lowest BCUT2D eigenvalue weighted by molar-refractivity contribution is 0.301. The minimum Gasteiger partial charge on any atom is -0.487 e. The van der Waals surface area contributed by atoms with Gasteiger partial charge in [0.15, 0.2) is 0 Å². The zero-order valence-electron chi connectivity index (χ0n) is 13.1. The lowest BCUT2D eigenvalue weighted by atomic mass is 10.2. The maximum Gasteiger partial charge on any atom is 0.148 e. The van der Waals surface area contributed by atoms with Crippen LogP contribution in [0.4, 0.5) is 5.69 Å². The van der Waals surface area contributed by atoms with Gasteiger partial charge in [-0.1, -0.05) is 30.3 Å². The number of nitrogens with zero attached hydrogens (tertiary/aromatic N) is 2. The first-order valence-electron chi connectivity index (χ1n) is 7.73. The standard InChI is InChI=1S/C18H20Br2N2O/c1-21-7-9-22(10-8-21)15-11-16(19)18(17(20)12-15)23-13-14-5-3-2-4-6-14/h2-6,11-12H,7-10,13H2,1H3. The average molecular weight is 440 g/mol. The first kappa shape index (κ1) is 16.8. The Kier molecular flexibility index (Phi) is 5.62. The van der Waals surface area contributed by atoms with E-state index >= 15 is 0 Å². The number of piperazine rings is 1. The molecule has 23 heavy (non-hydrogen) atoms. The predicted molar refractivity (Wildman–Crippen MR) is 102 cm³/mol. The molecule has 1 aliphatic rings. The molecule has 1 saturated heterocycles. The van der Waals surface area contributed by atoms with Gasteiger partial charge in [-0.05, 0) is 56.6 Å². The first-order valence-corrected chi connectivity index (χ1v) is 9.31. The maximum atomic E-state index is 5.99. The van der Waals surface area contributed by atoms with Crippen LogP contribution in [0.15, 0.2) is 51.4 Å². The highest BCUT2D eigenvalue weighted by molar-refractivity contribution is 9.11. The molecule has 0 radical (unpaired) electrons. The maximum absolute atomic E-state index is 5.99. The van der Waals surface area contributed by atoms with Crippen LogP contribution in [-0.4, -0.2) is 38.1 Å². The van der Waals surface area contributed by atoms with Gasteiger partial charge in [0.05, 0.1) is 8.95 Å². The molecular formula is C18H20Br2N2O. The molecule has 0 aliphatic carbocycles. The van der Waals surface area contributed by atoms with Crippen molar-refractivity contribution in [1.29, 1.82) is 0 Å². The van der Waals surface area contributed by atoms with E-state index in [1.165, 1.54) is 5.69 Å². The fraction of sp³-hybridized carbons (Fsp3) is 0.333. The second kappa shape index (κ2) is 7.69. The van der Waals surface area contributed by atoms with Gasteiger partial charge in [-0.15, -0.1) is 0 Å². The summed E-state index contributed by atoms with van der Waals surface area (Å²) in [5.74, 6) is 0.853. The molecule has 5 heteroatoms. The van der Waals surface area contributed by atoms with E-state index in [4.69, 9.17) is 4.74 Å². The highest BCUT2D eigenvalue weighted by Crippen LogP contribution is 2.38. The fourth-order valence-electron chi connectivity index (χ4n) is 2.66. The van der Waals surface area contributed by atoms with Gasteiger partial charge in [-0.2, -0.15) is 0 Å². The minimum atomic E-state index is 0.561. The summed E-state index contributed by atoms with van der Waals surface area (Å²) in [6, 6.07) is 14.5. The van der Waals surface area contributed by atoms with Gasteiger partial charge in [0.25, 0.3) is 0 Å². The summed E-state index contributed by atoms with van der Waals surface area (Å²) in [4.78, 5) is 4.77. The van der Waals surface area contributed by atoms with Crippen LogP contribution in [0.5, 0.6) is 5.75 Å². The quantitative estimate of drug-likeness (QED) is 0.695. The highest BCUT2D eigenvalue weighted by atomic mass is 79.9. The van der Waals surface area contributed by atoms with Crippen molar-refractivity contribution in [2.24, 2.45) is 0 Å². The van der Waals surface area contributed by atoms with Crippen molar-refractivity contribution in [2.75, 3.05) is 38.1 Å². The van der Waals surface area contributed by atoms with Crippen molar-refractivity contribution in [2.45, 2.75) is 6.61 Å². The number of likely N-dealkylation sites (N-methyl/N-ethyl adjacent to an activating group) is 1. The minimum absolute atomic E-state index is 0.561. The third-order valence-electron chi connectivity index (χ3n) is 4.08. The molecule has 122 valence electrons. The Labute approximate surface area is 154 Å². The van der Waals surface area contributed by atoms with Crippen LogP contribution in [0.25, 0.3) is 0 Å². The SMILES string of the molecule is CN1CCN(c2cc(Br)c(OCc3ccccc3)c(Br)c2)CC1. The molecule has 3 rings (SSSR count). The van der Waals surface area contributed by atoms with Crippen molar-refractivity contribution in [1.82, 2.24) is 4.90 Å². The number of ether oxygens (including phenoxy) is 1. The van der Waals surface area contributed by atoms with Crippen molar-refractivity contribution in [3.8, 4) is 5.75 Å². The van der Waals surface area contributed by atoms with E-state index in [1.54, 1.807) is 0 Å². The second-order valence-electron chi connectivity index (χ2n) is 5.80. The summed E-state index contributed by atoms with van der Waals surface area (Å²) in [5, 5.41) is 0. The third-order valence-corrected chi connectivity index (χ3v) is 5.26. The summed E-state index contributed by atoms with van der Waals surface area (Å²) in [6.07, 6.45) is 0. The summed E-state index contributed by atoms with van der Waals surface area (Å²) in [5.41, 5.74) is 2.39. The molecule has 0 aromatic heterocycles. The summed E-state index contributed by atoms with van der Waals surface area (Å²) >= 11 is 7.32. The lowest BCUT2D eigenvalue weighted by Crippen LogP contribution is -2.44. The lowest BCUT2D eigenvalue weighted by Gasteiger charge is -2.34. The molecule has 0 amide bonds. The van der Waals surface area contributed by atoms with Crippen LogP contribution in [0.2, 0.25) is 0 Å². The number of rotatable bonds is 4. The van der Waals surface area contributed by atoms with E-state index < -0.39 is 0 Å². The molecule has 2 aromatic rings. The molecule has 1 heterocycles. The summed E-state index contributed by atoms with van der Waals surface area (Å²) < 4.78 is 7.96. The summed E-state index contributed by atoms with van der Waals surface area (Å²) in [6.45, 7) is 4.87. The van der Waals surface area contributed by atoms with Crippen molar-refractivity contribution < 1.29 is 4.74 Å². The van der Waals surface area contributed by atoms with Gasteiger partial charge in [0, 0.05) is 31.9 Å². The van der Waals surface area contributed by atoms with Crippen LogP contribution < -0.4 is 9.64 Å². The Morgan fingerprint density at radius 3 is 2.17 bits per heavy atom. The largest absolute Gasteiger partial charge is 0.487 e. The number of halogens is 2. The molecule has 0 atom stereocenters. The Bertz CT molecular complexity index is 632. The van der Waals surface area contributed by atoms with Crippen molar-refractivity contribution in [3.05, 3.63) is 57.0 Å². The normalized spacial score (nSPS) is 15.7. The van der Waals surface area contributed by atoms with Crippen LogP contribution in [-0.2, 0) is 6.61 Å². The molecule has 2 aromatic carbocycles. The first-order chi connectivity index (χ1) is 11.1. The van der Waals surface area contributed by atoms with Crippen molar-refractivity contribution >= 4 is 37.5 Å². The molecule has 0 unspecified atom stereocenters. The highest BCUT2D eigenvalue weighted by Gasteiger charge is 2.17. The molecular weight excluding hydrogens is 420 g/mol. The summed E-state index contributed by atoms with van der Waals surface area (Å²) in [7, 11) is 2.17. The molecule has 1 fully saturated rings. The second-order valence-corrected chi connectivity index (χ2v) is 7.51. The van der Waals surface area contributed by atoms with Crippen LogP contribution >= 0.6 is 31.9 Å². The molecule has 0 bridgehead atoms. The molecule has 0 spiro atoms. The average Bonchev–Trinajstić information content (AvgIpc) is 2.55. The molecule has 3 nitrogen and oxygen atoms in total. The number of hydrogen-bond acceptors (Lipinski definition) is 3. The Morgan fingerprint density at radius 2 is 1.57 bits per heavy atom. The zero-order chi connectivity index (χ0) is 16.2. The number of anilines is 1. The van der Waals surface area contributed by atoms with Gasteiger partial charge in [-0.3, -0.25) is 0 Å². The van der Waals surface area contributed by atoms with E-state index in [9.17, 15) is 0 Å². The number of hydrogen-bond donors (Lipinski definition) is 0. The zero-order valence-corrected chi connectivity index (χ0v) is 16.3. The fourth-order valence-corrected chi connectivity index (χ4v) is 4.05. The van der Waals surface area contributed by atoms with Gasteiger partial charge < -0.3 is 14.5 Å². The van der Waals surface area contributed by atoms with E-state index in [0.29, 0.717) is 6.61 Å². The Balaban J connectivity index is 1.72. The molecule has 0 saturated carbocycles. The van der Waals surface area contributed by atoms with Crippen LogP contribution in [0.3, 0.4) is 0 Å². The van der Waals surface area contributed by atoms with Crippen molar-refractivity contribution in [3.63, 3.8) is 0 Å². The topological polar surface area (TPSA) is 15.7 Å². The van der Waals surface area contributed by atoms with E-state index in [0.717, 1.165) is 46.4 Å².